The third-order valence-electron chi connectivity index (χ3n) is 5.18. The van der Waals surface area contributed by atoms with Crippen molar-refractivity contribution in [1.29, 1.82) is 0 Å². The lowest BCUT2D eigenvalue weighted by Gasteiger charge is -2.33. The molecule has 1 saturated carbocycles. The highest BCUT2D eigenvalue weighted by molar-refractivity contribution is 5.94. The normalized spacial score (nSPS) is 21.6. The van der Waals surface area contributed by atoms with Gasteiger partial charge in [-0.1, -0.05) is 19.3 Å². The van der Waals surface area contributed by atoms with Crippen LogP contribution in [0.25, 0.3) is 0 Å². The minimum absolute atomic E-state index is 0.148. The van der Waals surface area contributed by atoms with E-state index in [2.05, 4.69) is 6.92 Å². The molecular formula is C20H29NO3. The lowest BCUT2D eigenvalue weighted by Crippen LogP contribution is -2.41. The molecule has 3 rings (SSSR count). The number of benzene rings is 1. The third kappa shape index (κ3) is 4.29. The van der Waals surface area contributed by atoms with Crippen LogP contribution in [-0.4, -0.2) is 42.7 Å². The van der Waals surface area contributed by atoms with E-state index in [1.54, 1.807) is 0 Å². The number of nitrogens with zero attached hydrogens (tertiary/aromatic N) is 1. The van der Waals surface area contributed by atoms with Gasteiger partial charge >= 0.3 is 0 Å². The molecule has 24 heavy (non-hydrogen) atoms. The van der Waals surface area contributed by atoms with E-state index >= 15 is 0 Å². The fourth-order valence-electron chi connectivity index (χ4n) is 3.78. The van der Waals surface area contributed by atoms with Crippen molar-refractivity contribution in [3.8, 4) is 5.75 Å². The van der Waals surface area contributed by atoms with E-state index in [4.69, 9.17) is 9.47 Å². The summed E-state index contributed by atoms with van der Waals surface area (Å²) in [5.41, 5.74) is 0.756. The van der Waals surface area contributed by atoms with Crippen LogP contribution in [0, 0.1) is 0 Å². The van der Waals surface area contributed by atoms with Crippen LogP contribution in [0.4, 0.5) is 0 Å². The smallest absolute Gasteiger partial charge is 0.254 e. The molecule has 1 aromatic rings. The summed E-state index contributed by atoms with van der Waals surface area (Å²) in [6, 6.07) is 7.98. The van der Waals surface area contributed by atoms with Crippen molar-refractivity contribution >= 4 is 5.91 Å². The Morgan fingerprint density at radius 3 is 2.50 bits per heavy atom. The number of carbonyl (C=O) groups is 1. The van der Waals surface area contributed by atoms with Gasteiger partial charge < -0.3 is 14.4 Å². The highest BCUT2D eigenvalue weighted by Crippen LogP contribution is 2.24. The number of rotatable bonds is 6. The monoisotopic (exact) mass is 331 g/mol. The average Bonchev–Trinajstić information content (AvgIpc) is 3.15. The molecule has 1 aliphatic carbocycles. The van der Waals surface area contributed by atoms with E-state index in [1.165, 1.54) is 19.3 Å². The molecule has 2 aliphatic rings. The Hall–Kier alpha value is -1.55. The second-order valence-electron chi connectivity index (χ2n) is 6.85. The van der Waals surface area contributed by atoms with Crippen molar-refractivity contribution in [2.45, 2.75) is 64.0 Å². The molecule has 0 spiro atoms. The van der Waals surface area contributed by atoms with Gasteiger partial charge in [-0.15, -0.1) is 0 Å². The lowest BCUT2D eigenvalue weighted by atomic mass is 9.93. The van der Waals surface area contributed by atoms with Crippen LogP contribution in [0.1, 0.15) is 62.2 Å². The van der Waals surface area contributed by atoms with Crippen LogP contribution < -0.4 is 4.74 Å². The van der Waals surface area contributed by atoms with Gasteiger partial charge in [-0.2, -0.15) is 0 Å². The number of hydrogen-bond donors (Lipinski definition) is 0. The zero-order chi connectivity index (χ0) is 16.8. The zero-order valence-corrected chi connectivity index (χ0v) is 14.7. The summed E-state index contributed by atoms with van der Waals surface area (Å²) in [5, 5.41) is 0. The first-order valence-corrected chi connectivity index (χ1v) is 9.43. The van der Waals surface area contributed by atoms with Gasteiger partial charge in [0.05, 0.1) is 6.10 Å². The first-order valence-electron chi connectivity index (χ1n) is 9.43. The van der Waals surface area contributed by atoms with Gasteiger partial charge in [-0.05, 0) is 56.9 Å². The Morgan fingerprint density at radius 1 is 1.12 bits per heavy atom. The topological polar surface area (TPSA) is 38.8 Å². The molecule has 1 aliphatic heterocycles. The van der Waals surface area contributed by atoms with E-state index in [1.807, 2.05) is 29.2 Å². The molecule has 0 radical (unpaired) electrons. The molecule has 1 unspecified atom stereocenters. The Labute approximate surface area is 145 Å². The largest absolute Gasteiger partial charge is 0.491 e. The minimum atomic E-state index is 0.148. The maximum atomic E-state index is 12.8. The number of hydrogen-bond acceptors (Lipinski definition) is 3. The predicted molar refractivity (Wildman–Crippen MR) is 94.5 cm³/mol. The van der Waals surface area contributed by atoms with Gasteiger partial charge in [0, 0.05) is 24.8 Å². The fraction of sp³-hybridized carbons (Fsp3) is 0.650. The van der Waals surface area contributed by atoms with Gasteiger partial charge in [0.2, 0.25) is 0 Å². The quantitative estimate of drug-likeness (QED) is 0.790. The SMILES string of the molecule is CCN(C(=O)c1ccc(OCC2CCCO2)cc1)C1CCCCC1. The van der Waals surface area contributed by atoms with Crippen LogP contribution >= 0.6 is 0 Å². The molecule has 1 atom stereocenters. The number of ether oxygens (including phenoxy) is 2. The highest BCUT2D eigenvalue weighted by Gasteiger charge is 2.25. The van der Waals surface area contributed by atoms with Crippen molar-refractivity contribution in [1.82, 2.24) is 4.90 Å². The van der Waals surface area contributed by atoms with Crippen LogP contribution in [0.5, 0.6) is 5.75 Å². The summed E-state index contributed by atoms with van der Waals surface area (Å²) in [6.07, 6.45) is 8.48. The van der Waals surface area contributed by atoms with E-state index < -0.39 is 0 Å². The van der Waals surface area contributed by atoms with Crippen molar-refractivity contribution < 1.29 is 14.3 Å². The molecule has 2 fully saturated rings. The summed E-state index contributed by atoms with van der Waals surface area (Å²) in [7, 11) is 0. The van der Waals surface area contributed by atoms with Crippen LogP contribution in [0.2, 0.25) is 0 Å². The molecule has 4 nitrogen and oxygen atoms in total. The second-order valence-corrected chi connectivity index (χ2v) is 6.85. The van der Waals surface area contributed by atoms with E-state index in [0.29, 0.717) is 12.6 Å². The summed E-state index contributed by atoms with van der Waals surface area (Å²) in [6.45, 7) is 4.29. The van der Waals surface area contributed by atoms with E-state index in [0.717, 1.165) is 50.1 Å². The molecule has 1 heterocycles. The van der Waals surface area contributed by atoms with Gasteiger partial charge in [0.25, 0.3) is 5.91 Å². The van der Waals surface area contributed by atoms with Crippen molar-refractivity contribution in [3.05, 3.63) is 29.8 Å². The van der Waals surface area contributed by atoms with Gasteiger partial charge in [-0.25, -0.2) is 0 Å². The Bertz CT molecular complexity index is 516. The molecule has 4 heteroatoms. The van der Waals surface area contributed by atoms with Gasteiger partial charge in [-0.3, -0.25) is 4.79 Å². The summed E-state index contributed by atoms with van der Waals surface area (Å²) < 4.78 is 11.3. The molecule has 1 amide bonds. The van der Waals surface area contributed by atoms with Gasteiger partial charge in [0.15, 0.2) is 0 Å². The predicted octanol–water partition coefficient (Wildman–Crippen LogP) is 4.04. The Balaban J connectivity index is 1.57. The van der Waals surface area contributed by atoms with E-state index in [9.17, 15) is 4.79 Å². The van der Waals surface area contributed by atoms with Crippen LogP contribution in [0.15, 0.2) is 24.3 Å². The minimum Gasteiger partial charge on any atom is -0.491 e. The number of amides is 1. The highest BCUT2D eigenvalue weighted by atomic mass is 16.5. The summed E-state index contributed by atoms with van der Waals surface area (Å²) in [5.74, 6) is 0.956. The van der Waals surface area contributed by atoms with Gasteiger partial charge in [0.1, 0.15) is 12.4 Å². The molecule has 0 bridgehead atoms. The summed E-state index contributed by atoms with van der Waals surface area (Å²) >= 11 is 0. The molecule has 1 saturated heterocycles. The zero-order valence-electron chi connectivity index (χ0n) is 14.7. The van der Waals surface area contributed by atoms with Crippen molar-refractivity contribution in [3.63, 3.8) is 0 Å². The standard InChI is InChI=1S/C20H29NO3/c1-2-21(17-7-4-3-5-8-17)20(22)16-10-12-18(13-11-16)24-15-19-9-6-14-23-19/h10-13,17,19H,2-9,14-15H2,1H3. The molecule has 132 valence electrons. The molecule has 0 aromatic heterocycles. The third-order valence-corrected chi connectivity index (χ3v) is 5.18. The molecular weight excluding hydrogens is 302 g/mol. The summed E-state index contributed by atoms with van der Waals surface area (Å²) in [4.78, 5) is 14.9. The Morgan fingerprint density at radius 2 is 1.88 bits per heavy atom. The fourth-order valence-corrected chi connectivity index (χ4v) is 3.78. The van der Waals surface area contributed by atoms with Crippen LogP contribution in [-0.2, 0) is 4.74 Å². The lowest BCUT2D eigenvalue weighted by molar-refractivity contribution is 0.0645. The average molecular weight is 331 g/mol. The number of carbonyl (C=O) groups excluding carboxylic acids is 1. The molecule has 0 N–H and O–H groups in total. The van der Waals surface area contributed by atoms with Crippen molar-refractivity contribution in [2.75, 3.05) is 19.8 Å². The molecule has 1 aromatic carbocycles. The van der Waals surface area contributed by atoms with E-state index in [-0.39, 0.29) is 12.0 Å². The Kier molecular flexibility index (Phi) is 6.13. The van der Waals surface area contributed by atoms with Crippen LogP contribution in [0.3, 0.4) is 0 Å². The first-order chi connectivity index (χ1) is 11.8. The maximum absolute atomic E-state index is 12.8. The first kappa shape index (κ1) is 17.3. The van der Waals surface area contributed by atoms with Crippen molar-refractivity contribution in [2.24, 2.45) is 0 Å². The maximum Gasteiger partial charge on any atom is 0.254 e. The second kappa shape index (κ2) is 8.52.